The zero-order chi connectivity index (χ0) is 13.8. The van der Waals surface area contributed by atoms with E-state index in [9.17, 15) is 0 Å². The highest BCUT2D eigenvalue weighted by molar-refractivity contribution is 5.31. The lowest BCUT2D eigenvalue weighted by Crippen LogP contribution is -2.39. The van der Waals surface area contributed by atoms with Gasteiger partial charge in [-0.3, -0.25) is 0 Å². The van der Waals surface area contributed by atoms with Crippen LogP contribution in [-0.4, -0.2) is 0 Å². The molecule has 0 saturated carbocycles. The summed E-state index contributed by atoms with van der Waals surface area (Å²) >= 11 is 0. The molecule has 0 bridgehead atoms. The zero-order valence-corrected chi connectivity index (χ0v) is 11.6. The smallest absolute Gasteiger partial charge is 0.194 e. The maximum Gasteiger partial charge on any atom is 0.208 e. The Morgan fingerprint density at radius 3 is 1.85 bits per heavy atom. The molecule has 0 aliphatic rings. The number of pyridine rings is 1. The van der Waals surface area contributed by atoms with E-state index in [1.807, 2.05) is 6.07 Å². The lowest BCUT2D eigenvalue weighted by Gasteiger charge is -2.13. The van der Waals surface area contributed by atoms with E-state index in [0.29, 0.717) is 0 Å². The van der Waals surface area contributed by atoms with Gasteiger partial charge in [0.25, 0.3) is 0 Å². The summed E-state index contributed by atoms with van der Waals surface area (Å²) in [6.45, 7) is 2.12. The standard InChI is InChI=1S/C19H18N/c1-16-10-12-18(13-11-16)19(17-8-4-2-5-9-17)20-14-6-3-7-15-20/h2-15,19H,1H3/q+1. The normalized spacial score (nSPS) is 12.1. The van der Waals surface area contributed by atoms with E-state index in [4.69, 9.17) is 0 Å². The van der Waals surface area contributed by atoms with Crippen molar-refractivity contribution in [2.45, 2.75) is 13.0 Å². The minimum atomic E-state index is 0.220. The summed E-state index contributed by atoms with van der Waals surface area (Å²) in [5.41, 5.74) is 3.89. The molecule has 1 atom stereocenters. The van der Waals surface area contributed by atoms with Crippen molar-refractivity contribution in [2.75, 3.05) is 0 Å². The Hall–Kier alpha value is -2.41. The van der Waals surface area contributed by atoms with Crippen molar-refractivity contribution < 1.29 is 4.57 Å². The molecule has 20 heavy (non-hydrogen) atoms. The van der Waals surface area contributed by atoms with E-state index < -0.39 is 0 Å². The van der Waals surface area contributed by atoms with E-state index in [1.165, 1.54) is 16.7 Å². The van der Waals surface area contributed by atoms with Crippen LogP contribution in [0.4, 0.5) is 0 Å². The number of hydrogen-bond donors (Lipinski definition) is 0. The van der Waals surface area contributed by atoms with E-state index in [0.717, 1.165) is 0 Å². The predicted molar refractivity (Wildman–Crippen MR) is 81.5 cm³/mol. The Balaban J connectivity index is 2.11. The van der Waals surface area contributed by atoms with Crippen LogP contribution in [-0.2, 0) is 0 Å². The molecular weight excluding hydrogens is 242 g/mol. The van der Waals surface area contributed by atoms with Gasteiger partial charge in [0.05, 0.1) is 0 Å². The zero-order valence-electron chi connectivity index (χ0n) is 11.6. The average molecular weight is 260 g/mol. The largest absolute Gasteiger partial charge is 0.208 e. The fourth-order valence-corrected chi connectivity index (χ4v) is 2.50. The van der Waals surface area contributed by atoms with E-state index in [1.54, 1.807) is 0 Å². The minimum absolute atomic E-state index is 0.220. The maximum atomic E-state index is 2.25. The van der Waals surface area contributed by atoms with Crippen molar-refractivity contribution in [2.24, 2.45) is 0 Å². The van der Waals surface area contributed by atoms with Gasteiger partial charge in [0.2, 0.25) is 6.04 Å². The summed E-state index contributed by atoms with van der Waals surface area (Å²) < 4.78 is 2.25. The number of aromatic nitrogens is 1. The first-order valence-corrected chi connectivity index (χ1v) is 6.92. The lowest BCUT2D eigenvalue weighted by atomic mass is 9.97. The molecule has 98 valence electrons. The SMILES string of the molecule is Cc1ccc(C(c2ccccc2)[n+]2ccccc2)cc1. The molecule has 1 aromatic heterocycles. The summed E-state index contributed by atoms with van der Waals surface area (Å²) in [6, 6.07) is 25.8. The molecular formula is C19H18N+. The summed E-state index contributed by atoms with van der Waals surface area (Å²) in [6.07, 6.45) is 4.25. The quantitative estimate of drug-likeness (QED) is 0.628. The van der Waals surface area contributed by atoms with Crippen LogP contribution in [0, 0.1) is 6.92 Å². The first-order valence-electron chi connectivity index (χ1n) is 6.92. The second-order valence-corrected chi connectivity index (χ2v) is 5.05. The molecule has 3 rings (SSSR count). The molecule has 0 N–H and O–H groups in total. The van der Waals surface area contributed by atoms with Crippen LogP contribution in [0.25, 0.3) is 0 Å². The first-order chi connectivity index (χ1) is 9.84. The van der Waals surface area contributed by atoms with Gasteiger partial charge in [0, 0.05) is 23.3 Å². The molecule has 1 heteroatoms. The molecule has 2 aromatic carbocycles. The number of rotatable bonds is 3. The molecule has 0 radical (unpaired) electrons. The number of aryl methyl sites for hydroxylation is 1. The van der Waals surface area contributed by atoms with Crippen LogP contribution in [0.2, 0.25) is 0 Å². The lowest BCUT2D eigenvalue weighted by molar-refractivity contribution is -0.704. The summed E-state index contributed by atoms with van der Waals surface area (Å²) in [5.74, 6) is 0. The number of hydrogen-bond acceptors (Lipinski definition) is 0. The number of nitrogens with zero attached hydrogens (tertiary/aromatic N) is 1. The highest BCUT2D eigenvalue weighted by Crippen LogP contribution is 2.21. The Kier molecular flexibility index (Phi) is 3.60. The van der Waals surface area contributed by atoms with Gasteiger partial charge in [-0.1, -0.05) is 66.2 Å². The fraction of sp³-hybridized carbons (Fsp3) is 0.105. The minimum Gasteiger partial charge on any atom is -0.194 e. The third kappa shape index (κ3) is 2.62. The van der Waals surface area contributed by atoms with Gasteiger partial charge >= 0.3 is 0 Å². The van der Waals surface area contributed by atoms with Crippen molar-refractivity contribution in [3.63, 3.8) is 0 Å². The van der Waals surface area contributed by atoms with Crippen LogP contribution in [0.5, 0.6) is 0 Å². The molecule has 1 heterocycles. The van der Waals surface area contributed by atoms with Crippen molar-refractivity contribution in [1.82, 2.24) is 0 Å². The van der Waals surface area contributed by atoms with Crippen molar-refractivity contribution >= 4 is 0 Å². The molecule has 0 spiro atoms. The van der Waals surface area contributed by atoms with Gasteiger partial charge in [-0.05, 0) is 6.92 Å². The highest BCUT2D eigenvalue weighted by Gasteiger charge is 2.22. The second-order valence-electron chi connectivity index (χ2n) is 5.05. The monoisotopic (exact) mass is 260 g/mol. The second kappa shape index (κ2) is 5.70. The van der Waals surface area contributed by atoms with Crippen LogP contribution < -0.4 is 4.57 Å². The van der Waals surface area contributed by atoms with Crippen LogP contribution >= 0.6 is 0 Å². The van der Waals surface area contributed by atoms with Gasteiger partial charge in [-0.25, -0.2) is 0 Å². The van der Waals surface area contributed by atoms with Crippen molar-refractivity contribution in [3.05, 3.63) is 102 Å². The van der Waals surface area contributed by atoms with E-state index in [-0.39, 0.29) is 6.04 Å². The first kappa shape index (κ1) is 12.6. The third-order valence-electron chi connectivity index (χ3n) is 3.55. The van der Waals surface area contributed by atoms with Gasteiger partial charge in [0.1, 0.15) is 0 Å². The average Bonchev–Trinajstić information content (AvgIpc) is 2.52. The Bertz CT molecular complexity index is 618. The predicted octanol–water partition coefficient (Wildman–Crippen LogP) is 3.92. The van der Waals surface area contributed by atoms with E-state index in [2.05, 4.69) is 90.6 Å². The summed E-state index contributed by atoms with van der Waals surface area (Å²) in [5, 5.41) is 0. The molecule has 0 aliphatic heterocycles. The molecule has 0 saturated heterocycles. The Morgan fingerprint density at radius 2 is 1.20 bits per heavy atom. The van der Waals surface area contributed by atoms with Gasteiger partial charge in [0.15, 0.2) is 12.4 Å². The van der Waals surface area contributed by atoms with Crippen LogP contribution in [0.3, 0.4) is 0 Å². The maximum absolute atomic E-state index is 2.25. The molecule has 0 amide bonds. The van der Waals surface area contributed by atoms with Crippen LogP contribution in [0.1, 0.15) is 22.7 Å². The third-order valence-corrected chi connectivity index (χ3v) is 3.55. The number of benzene rings is 2. The van der Waals surface area contributed by atoms with Crippen molar-refractivity contribution in [3.8, 4) is 0 Å². The topological polar surface area (TPSA) is 3.88 Å². The van der Waals surface area contributed by atoms with E-state index >= 15 is 0 Å². The molecule has 3 aromatic rings. The Morgan fingerprint density at radius 1 is 0.650 bits per heavy atom. The van der Waals surface area contributed by atoms with Crippen LogP contribution in [0.15, 0.2) is 85.2 Å². The van der Waals surface area contributed by atoms with Gasteiger partial charge in [-0.2, -0.15) is 4.57 Å². The fourth-order valence-electron chi connectivity index (χ4n) is 2.50. The molecule has 1 nitrogen and oxygen atoms in total. The van der Waals surface area contributed by atoms with Gasteiger partial charge < -0.3 is 0 Å². The highest BCUT2D eigenvalue weighted by atomic mass is 15.0. The Labute approximate surface area is 120 Å². The molecule has 1 unspecified atom stereocenters. The molecule has 0 aliphatic carbocycles. The summed E-state index contributed by atoms with van der Waals surface area (Å²) in [7, 11) is 0. The summed E-state index contributed by atoms with van der Waals surface area (Å²) in [4.78, 5) is 0. The van der Waals surface area contributed by atoms with Gasteiger partial charge in [-0.15, -0.1) is 0 Å². The molecule has 0 fully saturated rings. The van der Waals surface area contributed by atoms with Crippen molar-refractivity contribution in [1.29, 1.82) is 0 Å².